The maximum Gasteiger partial charge on any atom is 0.246 e. The molecular formula is C24H28FN3O2. The number of carbonyl (C=O) groups is 1. The molecule has 0 unspecified atom stereocenters. The first-order valence-electron chi connectivity index (χ1n) is 10.7. The molecule has 3 aliphatic rings. The third-order valence-electron chi connectivity index (χ3n) is 7.04. The molecule has 30 heavy (non-hydrogen) atoms. The number of piperidine rings is 1. The van der Waals surface area contributed by atoms with Gasteiger partial charge >= 0.3 is 0 Å². The van der Waals surface area contributed by atoms with Crippen LogP contribution in [0, 0.1) is 5.82 Å². The fraction of sp³-hybridized carbons (Fsp3) is 0.458. The van der Waals surface area contributed by atoms with E-state index in [4.69, 9.17) is 4.74 Å². The number of carbonyl (C=O) groups excluding carboxylic acids is 1. The minimum atomic E-state index is -0.246. The molecule has 0 radical (unpaired) electrons. The first-order chi connectivity index (χ1) is 14.5. The molecule has 0 aromatic heterocycles. The number of hydrogen-bond donors (Lipinski definition) is 0. The Balaban J connectivity index is 1.26. The van der Waals surface area contributed by atoms with Gasteiger partial charge < -0.3 is 19.4 Å². The molecule has 1 saturated heterocycles. The molecule has 2 aromatic rings. The van der Waals surface area contributed by atoms with Crippen molar-refractivity contribution in [1.82, 2.24) is 4.90 Å². The Morgan fingerprint density at radius 2 is 2.00 bits per heavy atom. The molecule has 1 amide bonds. The van der Waals surface area contributed by atoms with E-state index in [1.807, 2.05) is 7.05 Å². The van der Waals surface area contributed by atoms with Crippen LogP contribution in [0.3, 0.4) is 0 Å². The summed E-state index contributed by atoms with van der Waals surface area (Å²) in [6, 6.07) is 13.0. The van der Waals surface area contributed by atoms with Crippen molar-refractivity contribution in [2.45, 2.75) is 31.2 Å². The molecule has 5 rings (SSSR count). The number of benzene rings is 2. The molecule has 3 heterocycles. The summed E-state index contributed by atoms with van der Waals surface area (Å²) in [6.45, 7) is 6.44. The van der Waals surface area contributed by atoms with Gasteiger partial charge in [-0.25, -0.2) is 4.39 Å². The van der Waals surface area contributed by atoms with Crippen molar-refractivity contribution in [2.24, 2.45) is 0 Å². The summed E-state index contributed by atoms with van der Waals surface area (Å²) in [5.74, 6) is 0.635. The quantitative estimate of drug-likeness (QED) is 0.709. The lowest BCUT2D eigenvalue weighted by Crippen LogP contribution is -2.57. The van der Waals surface area contributed by atoms with Crippen molar-refractivity contribution in [1.29, 1.82) is 0 Å². The molecule has 2 atom stereocenters. The fourth-order valence-corrected chi connectivity index (χ4v) is 5.53. The number of rotatable bonds is 5. The highest BCUT2D eigenvalue weighted by Gasteiger charge is 2.53. The number of hydrogen-bond acceptors (Lipinski definition) is 4. The first-order valence-corrected chi connectivity index (χ1v) is 10.7. The summed E-state index contributed by atoms with van der Waals surface area (Å²) in [4.78, 5) is 19.2. The highest BCUT2D eigenvalue weighted by molar-refractivity contribution is 6.04. The van der Waals surface area contributed by atoms with Crippen LogP contribution in [0.25, 0.3) is 0 Å². The third kappa shape index (κ3) is 3.05. The summed E-state index contributed by atoms with van der Waals surface area (Å²) in [7, 11) is 1.88. The van der Waals surface area contributed by atoms with Crippen LogP contribution in [0.5, 0.6) is 5.75 Å². The molecule has 0 bridgehead atoms. The van der Waals surface area contributed by atoms with Crippen molar-refractivity contribution >= 4 is 17.3 Å². The highest BCUT2D eigenvalue weighted by atomic mass is 19.1. The molecule has 0 aliphatic carbocycles. The normalized spacial score (nSPS) is 25.3. The highest BCUT2D eigenvalue weighted by Crippen LogP contribution is 2.53. The Labute approximate surface area is 177 Å². The first kappa shape index (κ1) is 19.4. The number of amides is 1. The van der Waals surface area contributed by atoms with Crippen LogP contribution in [-0.2, 0) is 10.2 Å². The van der Waals surface area contributed by atoms with E-state index < -0.39 is 0 Å². The minimum Gasteiger partial charge on any atom is -0.494 e. The van der Waals surface area contributed by atoms with Crippen LogP contribution < -0.4 is 14.5 Å². The van der Waals surface area contributed by atoms with Crippen LogP contribution in [0.4, 0.5) is 15.8 Å². The van der Waals surface area contributed by atoms with Gasteiger partial charge in [-0.15, -0.1) is 0 Å². The largest absolute Gasteiger partial charge is 0.494 e. The molecule has 2 aromatic carbocycles. The Bertz CT molecular complexity index is 963. The van der Waals surface area contributed by atoms with E-state index in [9.17, 15) is 9.18 Å². The molecule has 0 N–H and O–H groups in total. The Morgan fingerprint density at radius 1 is 1.20 bits per heavy atom. The Morgan fingerprint density at radius 3 is 2.80 bits per heavy atom. The molecule has 3 aliphatic heterocycles. The number of fused-ring (bicyclic) bond motifs is 3. The van der Waals surface area contributed by atoms with E-state index in [2.05, 4.69) is 34.9 Å². The molecule has 0 spiro atoms. The second-order valence-electron chi connectivity index (χ2n) is 8.91. The van der Waals surface area contributed by atoms with E-state index in [0.29, 0.717) is 24.9 Å². The van der Waals surface area contributed by atoms with E-state index in [1.165, 1.54) is 23.4 Å². The number of halogens is 1. The number of para-hydroxylation sites is 1. The number of nitrogens with zero attached hydrogens (tertiary/aromatic N) is 3. The van der Waals surface area contributed by atoms with Crippen LogP contribution in [-0.4, -0.2) is 56.7 Å². The minimum absolute atomic E-state index is 0.0207. The van der Waals surface area contributed by atoms with Crippen LogP contribution in [0.2, 0.25) is 0 Å². The van der Waals surface area contributed by atoms with Crippen molar-refractivity contribution < 1.29 is 13.9 Å². The number of likely N-dealkylation sites (tertiary alicyclic amines) is 1. The maximum atomic E-state index is 13.0. The number of likely N-dealkylation sites (N-methyl/N-ethyl adjacent to an activating group) is 1. The van der Waals surface area contributed by atoms with Gasteiger partial charge in [0.2, 0.25) is 5.91 Å². The van der Waals surface area contributed by atoms with Gasteiger partial charge in [-0.3, -0.25) is 4.79 Å². The molecule has 5 nitrogen and oxygen atoms in total. The molecule has 6 heteroatoms. The van der Waals surface area contributed by atoms with Gasteiger partial charge in [-0.2, -0.15) is 0 Å². The van der Waals surface area contributed by atoms with Gasteiger partial charge in [0.05, 0.1) is 24.5 Å². The Kier molecular flexibility index (Phi) is 4.69. The van der Waals surface area contributed by atoms with Gasteiger partial charge in [0, 0.05) is 38.1 Å². The van der Waals surface area contributed by atoms with Gasteiger partial charge in [0.15, 0.2) is 0 Å². The summed E-state index contributed by atoms with van der Waals surface area (Å²) < 4.78 is 18.8. The predicted molar refractivity (Wildman–Crippen MR) is 116 cm³/mol. The summed E-state index contributed by atoms with van der Waals surface area (Å²) in [5, 5.41) is 0. The van der Waals surface area contributed by atoms with E-state index in [1.54, 1.807) is 17.0 Å². The zero-order valence-corrected chi connectivity index (χ0v) is 17.6. The second kappa shape index (κ2) is 7.27. The van der Waals surface area contributed by atoms with Gasteiger partial charge in [0.1, 0.15) is 11.6 Å². The van der Waals surface area contributed by atoms with Crippen molar-refractivity contribution in [2.75, 3.05) is 49.6 Å². The second-order valence-corrected chi connectivity index (χ2v) is 8.91. The zero-order chi connectivity index (χ0) is 20.9. The molecule has 1 fully saturated rings. The molecular weight excluding hydrogens is 381 g/mol. The average molecular weight is 410 g/mol. The lowest BCUT2D eigenvalue weighted by Gasteiger charge is -2.46. The smallest absolute Gasteiger partial charge is 0.246 e. The van der Waals surface area contributed by atoms with Crippen molar-refractivity contribution in [3.8, 4) is 5.75 Å². The van der Waals surface area contributed by atoms with Crippen molar-refractivity contribution in [3.05, 3.63) is 53.8 Å². The van der Waals surface area contributed by atoms with E-state index >= 15 is 0 Å². The average Bonchev–Trinajstić information content (AvgIpc) is 2.99. The van der Waals surface area contributed by atoms with Gasteiger partial charge in [0.25, 0.3) is 0 Å². The summed E-state index contributed by atoms with van der Waals surface area (Å²) in [6.07, 6.45) is 1.98. The van der Waals surface area contributed by atoms with Gasteiger partial charge in [-0.05, 0) is 48.7 Å². The molecule has 0 saturated carbocycles. The Hall–Kier alpha value is -2.60. The summed E-state index contributed by atoms with van der Waals surface area (Å²) in [5.41, 5.74) is 3.69. The maximum absolute atomic E-state index is 13.0. The standard InChI is InChI=1S/C24H28FN3O2/c1-24-16-27(12-4-14-30-18-9-7-17(25)8-10-18)13-11-21(24)28-15-22(29)26(2)20-6-3-5-19(24)23(20)28/h3,5-10,21H,4,11-16H2,1-2H3/t21-,24-/m1/s1. The number of ether oxygens (including phenoxy) is 1. The van der Waals surface area contributed by atoms with Gasteiger partial charge in [-0.1, -0.05) is 19.1 Å². The fourth-order valence-electron chi connectivity index (χ4n) is 5.53. The third-order valence-corrected chi connectivity index (χ3v) is 7.04. The molecule has 158 valence electrons. The summed E-state index contributed by atoms with van der Waals surface area (Å²) >= 11 is 0. The van der Waals surface area contributed by atoms with E-state index in [-0.39, 0.29) is 17.1 Å². The van der Waals surface area contributed by atoms with Crippen LogP contribution in [0.15, 0.2) is 42.5 Å². The van der Waals surface area contributed by atoms with Crippen LogP contribution in [0.1, 0.15) is 25.3 Å². The monoisotopic (exact) mass is 409 g/mol. The lowest BCUT2D eigenvalue weighted by molar-refractivity contribution is -0.117. The topological polar surface area (TPSA) is 36.0 Å². The van der Waals surface area contributed by atoms with Crippen LogP contribution >= 0.6 is 0 Å². The number of anilines is 2. The lowest BCUT2D eigenvalue weighted by atomic mass is 9.74. The van der Waals surface area contributed by atoms with E-state index in [0.717, 1.165) is 38.2 Å². The SMILES string of the molecule is CN1C(=O)CN2c3c1cccc3[C@@]1(C)CN(CCCOc3ccc(F)cc3)CC[C@@H]21. The van der Waals surface area contributed by atoms with Crippen molar-refractivity contribution in [3.63, 3.8) is 0 Å². The zero-order valence-electron chi connectivity index (χ0n) is 17.6. The predicted octanol–water partition coefficient (Wildman–Crippen LogP) is 3.42.